The van der Waals surface area contributed by atoms with Gasteiger partial charge in [-0.2, -0.15) is 0 Å². The maximum Gasteiger partial charge on any atom is 0.0894 e. The molecular formula is C78H48N6. The lowest BCUT2D eigenvalue weighted by Gasteiger charge is -2.10. The van der Waals surface area contributed by atoms with Gasteiger partial charge in [0, 0.05) is 54.2 Å². The number of pyridine rings is 6. The van der Waals surface area contributed by atoms with Gasteiger partial charge in [-0.25, -0.2) is 29.9 Å². The summed E-state index contributed by atoms with van der Waals surface area (Å²) in [4.78, 5) is 30.0. The van der Waals surface area contributed by atoms with Gasteiger partial charge >= 0.3 is 0 Å². The summed E-state index contributed by atoms with van der Waals surface area (Å²) < 4.78 is 0. The number of hydrogen-bond donors (Lipinski definition) is 0. The van der Waals surface area contributed by atoms with Gasteiger partial charge in [0.15, 0.2) is 0 Å². The fraction of sp³-hybridized carbons (Fsp3) is 0. The third-order valence-electron chi connectivity index (χ3n) is 16.3. The van der Waals surface area contributed by atoms with E-state index < -0.39 is 0 Å². The van der Waals surface area contributed by atoms with Crippen LogP contribution in [0.4, 0.5) is 0 Å². The highest BCUT2D eigenvalue weighted by atomic mass is 14.8. The van der Waals surface area contributed by atoms with Gasteiger partial charge in [0.25, 0.3) is 0 Å². The van der Waals surface area contributed by atoms with Gasteiger partial charge in [0.1, 0.15) is 0 Å². The van der Waals surface area contributed by atoms with E-state index in [1.54, 1.807) is 0 Å². The van der Waals surface area contributed by atoms with Crippen LogP contribution in [0.3, 0.4) is 0 Å². The van der Waals surface area contributed by atoms with Crippen LogP contribution in [-0.2, 0) is 0 Å². The summed E-state index contributed by atoms with van der Waals surface area (Å²) in [5.74, 6) is 0. The second-order valence-electron chi connectivity index (χ2n) is 21.4. The number of hydrogen-bond acceptors (Lipinski definition) is 6. The van der Waals surface area contributed by atoms with E-state index in [-0.39, 0.29) is 0 Å². The molecule has 0 unspecified atom stereocenters. The van der Waals surface area contributed by atoms with Gasteiger partial charge in [0.2, 0.25) is 0 Å². The van der Waals surface area contributed by atoms with Crippen molar-refractivity contribution in [3.63, 3.8) is 0 Å². The molecule has 0 bridgehead atoms. The Bertz CT molecular complexity index is 5460. The van der Waals surface area contributed by atoms with Crippen LogP contribution < -0.4 is 0 Å². The molecule has 17 aromatic rings. The third-order valence-corrected chi connectivity index (χ3v) is 16.3. The van der Waals surface area contributed by atoms with Gasteiger partial charge in [0.05, 0.1) is 67.3 Å². The lowest BCUT2D eigenvalue weighted by Crippen LogP contribution is -1.91. The summed E-state index contributed by atoms with van der Waals surface area (Å²) >= 11 is 0. The standard InChI is InChI=1S/C41H25N3.C37H23N3/c1-3-9-33-26(6-1)8-5-11-35(33)38-21-17-31-24-29(15-19-36(31)42-38)30-16-20-37-32(25-30)18-23-39(43-37)40-22-14-28-13-12-27-7-2-4-10-34(27)41(28)44-40;1-2-7-25(8-3-1)32-19-15-29-22-27(13-17-33(29)38-32)28-14-18-34-30(23-28)16-21-35(39-34)36-20-12-26-11-10-24-6-4-5-9-31(24)37(26)40-36/h1-25H;1-23H. The van der Waals surface area contributed by atoms with Crippen molar-refractivity contribution in [3.05, 3.63) is 291 Å². The molecule has 11 aromatic carbocycles. The first kappa shape index (κ1) is 48.6. The Balaban J connectivity index is 0.000000138. The minimum atomic E-state index is 0.874. The van der Waals surface area contributed by atoms with Crippen molar-refractivity contribution >= 4 is 97.7 Å². The summed E-state index contributed by atoms with van der Waals surface area (Å²) in [6.45, 7) is 0. The molecule has 0 aliphatic heterocycles. The van der Waals surface area contributed by atoms with Gasteiger partial charge in [-0.3, -0.25) is 0 Å². The van der Waals surface area contributed by atoms with Crippen LogP contribution in [-0.4, -0.2) is 29.9 Å². The van der Waals surface area contributed by atoms with Crippen molar-refractivity contribution in [2.45, 2.75) is 0 Å². The maximum atomic E-state index is 5.05. The van der Waals surface area contributed by atoms with E-state index in [1.807, 2.05) is 18.2 Å². The SMILES string of the molecule is c1ccc(-c2ccc3cc(-c4ccc5nc(-c6ccc7ccc8ccccc8c7n6)ccc5c4)ccc3n2)cc1.c1ccc2c(-c3ccc4cc(-c5ccc6nc(-c7ccc8ccc9ccccc9c8n7)ccc6c5)ccc4n3)cccc2c1. The van der Waals surface area contributed by atoms with Gasteiger partial charge in [-0.15, -0.1) is 0 Å². The van der Waals surface area contributed by atoms with Crippen molar-refractivity contribution in [1.29, 1.82) is 0 Å². The second kappa shape index (κ2) is 20.3. The average Bonchev–Trinajstić information content (AvgIpc) is 3.76. The van der Waals surface area contributed by atoms with Crippen LogP contribution in [0, 0.1) is 0 Å². The van der Waals surface area contributed by atoms with Crippen molar-refractivity contribution < 1.29 is 0 Å². The van der Waals surface area contributed by atoms with E-state index in [1.165, 1.54) is 21.5 Å². The third kappa shape index (κ3) is 8.96. The Labute approximate surface area is 483 Å². The van der Waals surface area contributed by atoms with E-state index >= 15 is 0 Å². The molecule has 0 spiro atoms. The first-order chi connectivity index (χ1) is 41.5. The van der Waals surface area contributed by atoms with Crippen LogP contribution in [0.2, 0.25) is 0 Å². The summed E-state index contributed by atoms with van der Waals surface area (Å²) in [5.41, 5.74) is 18.3. The highest BCUT2D eigenvalue weighted by Crippen LogP contribution is 2.35. The predicted octanol–water partition coefficient (Wildman–Crippen LogP) is 20.1. The molecule has 6 aromatic heterocycles. The van der Waals surface area contributed by atoms with Crippen LogP contribution in [0.15, 0.2) is 291 Å². The lowest BCUT2D eigenvalue weighted by atomic mass is 9.99. The molecule has 6 heterocycles. The molecule has 17 rings (SSSR count). The number of benzene rings is 11. The average molecular weight is 1070 g/mol. The van der Waals surface area contributed by atoms with Crippen LogP contribution >= 0.6 is 0 Å². The fourth-order valence-corrected chi connectivity index (χ4v) is 11.9. The molecule has 6 heteroatoms. The number of aromatic nitrogens is 6. The molecule has 84 heavy (non-hydrogen) atoms. The summed E-state index contributed by atoms with van der Waals surface area (Å²) in [6, 6.07) is 102. The summed E-state index contributed by atoms with van der Waals surface area (Å²) in [5, 5.41) is 13.9. The number of fused-ring (bicyclic) bond motifs is 11. The monoisotopic (exact) mass is 1070 g/mol. The topological polar surface area (TPSA) is 77.3 Å². The first-order valence-corrected chi connectivity index (χ1v) is 28.3. The van der Waals surface area contributed by atoms with E-state index in [0.29, 0.717) is 0 Å². The van der Waals surface area contributed by atoms with E-state index in [9.17, 15) is 0 Å². The zero-order valence-electron chi connectivity index (χ0n) is 45.4. The van der Waals surface area contributed by atoms with Gasteiger partial charge < -0.3 is 0 Å². The molecular weight excluding hydrogens is 1020 g/mol. The van der Waals surface area contributed by atoms with E-state index in [4.69, 9.17) is 29.9 Å². The molecule has 0 atom stereocenters. The van der Waals surface area contributed by atoms with Crippen molar-refractivity contribution in [3.8, 4) is 67.5 Å². The van der Waals surface area contributed by atoms with Gasteiger partial charge in [-0.1, -0.05) is 206 Å². The van der Waals surface area contributed by atoms with Crippen molar-refractivity contribution in [1.82, 2.24) is 29.9 Å². The van der Waals surface area contributed by atoms with Gasteiger partial charge in [-0.05, 0) is 129 Å². The predicted molar refractivity (Wildman–Crippen MR) is 350 cm³/mol. The Morgan fingerprint density at radius 3 is 0.964 bits per heavy atom. The van der Waals surface area contributed by atoms with Crippen LogP contribution in [0.25, 0.3) is 165 Å². The molecule has 0 saturated heterocycles. The minimum Gasteiger partial charge on any atom is -0.248 e. The highest BCUT2D eigenvalue weighted by Gasteiger charge is 2.13. The molecule has 6 nitrogen and oxygen atoms in total. The Morgan fingerprint density at radius 1 is 0.167 bits per heavy atom. The highest BCUT2D eigenvalue weighted by molar-refractivity contribution is 6.07. The molecule has 390 valence electrons. The van der Waals surface area contributed by atoms with E-state index in [2.05, 4.69) is 273 Å². The normalized spacial score (nSPS) is 11.6. The Morgan fingerprint density at radius 2 is 0.488 bits per heavy atom. The molecule has 0 amide bonds. The number of rotatable bonds is 6. The van der Waals surface area contributed by atoms with Crippen molar-refractivity contribution in [2.24, 2.45) is 0 Å². The quantitative estimate of drug-likeness (QED) is 0.154. The molecule has 0 aliphatic rings. The van der Waals surface area contributed by atoms with Crippen molar-refractivity contribution in [2.75, 3.05) is 0 Å². The lowest BCUT2D eigenvalue weighted by molar-refractivity contribution is 1.32. The largest absolute Gasteiger partial charge is 0.248 e. The summed E-state index contributed by atoms with van der Waals surface area (Å²) in [6.07, 6.45) is 0. The number of nitrogens with zero attached hydrogens (tertiary/aromatic N) is 6. The zero-order chi connectivity index (χ0) is 55.5. The molecule has 0 aliphatic carbocycles. The molecule has 0 saturated carbocycles. The summed E-state index contributed by atoms with van der Waals surface area (Å²) in [7, 11) is 0. The van der Waals surface area contributed by atoms with Crippen LogP contribution in [0.5, 0.6) is 0 Å². The molecule has 0 radical (unpaired) electrons. The zero-order valence-corrected chi connectivity index (χ0v) is 45.4. The smallest absolute Gasteiger partial charge is 0.0894 e. The van der Waals surface area contributed by atoms with Crippen LogP contribution in [0.1, 0.15) is 0 Å². The minimum absolute atomic E-state index is 0.874. The maximum absolute atomic E-state index is 5.05. The Hall–Kier alpha value is -11.3. The molecule has 0 N–H and O–H groups in total. The van der Waals surface area contributed by atoms with E-state index in [0.717, 1.165) is 144 Å². The fourth-order valence-electron chi connectivity index (χ4n) is 11.9. The Kier molecular flexibility index (Phi) is 11.8. The molecule has 0 fully saturated rings. The first-order valence-electron chi connectivity index (χ1n) is 28.3. The second-order valence-corrected chi connectivity index (χ2v) is 21.4.